The maximum atomic E-state index is 12.3. The number of nitrogens with zero attached hydrogens (tertiary/aromatic N) is 1. The molecule has 0 aliphatic heterocycles. The molecule has 0 radical (unpaired) electrons. The molecule has 4 heteroatoms. The Morgan fingerprint density at radius 2 is 2.17 bits per heavy atom. The first-order chi connectivity index (χ1) is 8.63. The number of carbonyl (C=O) groups excluding carboxylic acids is 1. The highest BCUT2D eigenvalue weighted by molar-refractivity contribution is 7.14. The van der Waals surface area contributed by atoms with Crippen molar-refractivity contribution < 1.29 is 4.79 Å². The van der Waals surface area contributed by atoms with Gasteiger partial charge in [-0.1, -0.05) is 6.42 Å². The van der Waals surface area contributed by atoms with Crippen LogP contribution in [0.3, 0.4) is 0 Å². The fourth-order valence-electron chi connectivity index (χ4n) is 2.30. The summed E-state index contributed by atoms with van der Waals surface area (Å²) in [6, 6.07) is 2.20. The van der Waals surface area contributed by atoms with Gasteiger partial charge in [0.25, 0.3) is 5.91 Å². The summed E-state index contributed by atoms with van der Waals surface area (Å²) in [5.74, 6) is 0.117. The molecule has 18 heavy (non-hydrogen) atoms. The molecule has 1 aromatic heterocycles. The molecule has 0 aromatic carbocycles. The summed E-state index contributed by atoms with van der Waals surface area (Å²) in [7, 11) is 1.84. The third kappa shape index (κ3) is 2.75. The maximum absolute atomic E-state index is 12.3. The second-order valence-corrected chi connectivity index (χ2v) is 6.26. The van der Waals surface area contributed by atoms with E-state index in [0.717, 1.165) is 17.7 Å². The van der Waals surface area contributed by atoms with E-state index in [1.165, 1.54) is 29.7 Å². The Balaban J connectivity index is 2.16. The fraction of sp³-hybridized carbons (Fsp3) is 0.643. The van der Waals surface area contributed by atoms with Crippen molar-refractivity contribution in [2.24, 2.45) is 5.73 Å². The molecule has 1 unspecified atom stereocenters. The van der Waals surface area contributed by atoms with Crippen LogP contribution >= 0.6 is 11.3 Å². The molecule has 1 aromatic rings. The van der Waals surface area contributed by atoms with Crippen LogP contribution < -0.4 is 5.73 Å². The molecule has 2 rings (SSSR count). The number of carbonyl (C=O) groups is 1. The van der Waals surface area contributed by atoms with Crippen LogP contribution in [0.2, 0.25) is 0 Å². The van der Waals surface area contributed by atoms with Crippen LogP contribution in [0.25, 0.3) is 0 Å². The van der Waals surface area contributed by atoms with Crippen LogP contribution in [0.15, 0.2) is 6.07 Å². The summed E-state index contributed by atoms with van der Waals surface area (Å²) in [4.78, 5) is 16.4. The summed E-state index contributed by atoms with van der Waals surface area (Å²) in [6.45, 7) is 2.49. The van der Waals surface area contributed by atoms with E-state index in [-0.39, 0.29) is 11.9 Å². The number of thiophene rings is 1. The van der Waals surface area contributed by atoms with Crippen molar-refractivity contribution in [3.63, 3.8) is 0 Å². The third-order valence-electron chi connectivity index (χ3n) is 3.78. The highest BCUT2D eigenvalue weighted by Gasteiger charge is 2.21. The van der Waals surface area contributed by atoms with E-state index in [9.17, 15) is 4.79 Å². The maximum Gasteiger partial charge on any atom is 0.263 e. The zero-order valence-corrected chi connectivity index (χ0v) is 12.1. The number of likely N-dealkylation sites (N-methyl/N-ethyl adjacent to an activating group) is 1. The zero-order chi connectivity index (χ0) is 13.1. The van der Waals surface area contributed by atoms with Gasteiger partial charge in [0.2, 0.25) is 0 Å². The lowest BCUT2D eigenvalue weighted by molar-refractivity contribution is 0.0753. The lowest BCUT2D eigenvalue weighted by Crippen LogP contribution is -2.39. The molecule has 0 fully saturated rings. The third-order valence-corrected chi connectivity index (χ3v) is 5.01. The number of hydrogen-bond donors (Lipinski definition) is 1. The standard InChI is InChI=1S/C14H22N2OS/c1-10(9-15)16(2)14(17)13-8-11-6-4-3-5-7-12(11)18-13/h8,10H,3-7,9,15H2,1-2H3. The molecule has 1 atom stereocenters. The Kier molecular flexibility index (Phi) is 4.40. The van der Waals surface area contributed by atoms with Crippen molar-refractivity contribution in [3.8, 4) is 0 Å². The number of rotatable bonds is 3. The van der Waals surface area contributed by atoms with Gasteiger partial charge in [-0.05, 0) is 44.2 Å². The number of fused-ring (bicyclic) bond motifs is 1. The minimum absolute atomic E-state index is 0.0967. The molecule has 1 aliphatic carbocycles. The molecular weight excluding hydrogens is 244 g/mol. The lowest BCUT2D eigenvalue weighted by Gasteiger charge is -2.22. The number of amides is 1. The van der Waals surface area contributed by atoms with E-state index in [4.69, 9.17) is 5.73 Å². The van der Waals surface area contributed by atoms with E-state index in [1.54, 1.807) is 16.2 Å². The monoisotopic (exact) mass is 266 g/mol. The largest absolute Gasteiger partial charge is 0.337 e. The van der Waals surface area contributed by atoms with E-state index < -0.39 is 0 Å². The Bertz CT molecular complexity index is 404. The average molecular weight is 266 g/mol. The van der Waals surface area contributed by atoms with Crippen molar-refractivity contribution in [1.29, 1.82) is 0 Å². The van der Waals surface area contributed by atoms with Gasteiger partial charge in [0.05, 0.1) is 4.88 Å². The second-order valence-electron chi connectivity index (χ2n) is 5.12. The first kappa shape index (κ1) is 13.6. The summed E-state index contributed by atoms with van der Waals surface area (Å²) in [5, 5.41) is 0. The molecular formula is C14H22N2OS. The molecule has 1 heterocycles. The Morgan fingerprint density at radius 3 is 2.89 bits per heavy atom. The number of aryl methyl sites for hydroxylation is 2. The quantitative estimate of drug-likeness (QED) is 0.854. The predicted octanol–water partition coefficient (Wildman–Crippen LogP) is 2.44. The van der Waals surface area contributed by atoms with Crippen molar-refractivity contribution >= 4 is 17.2 Å². The van der Waals surface area contributed by atoms with Crippen LogP contribution in [0.1, 0.15) is 46.3 Å². The molecule has 3 nitrogen and oxygen atoms in total. The van der Waals surface area contributed by atoms with Gasteiger partial charge in [0.1, 0.15) is 0 Å². The van der Waals surface area contributed by atoms with Crippen LogP contribution in [0.5, 0.6) is 0 Å². The van der Waals surface area contributed by atoms with Gasteiger partial charge in [-0.2, -0.15) is 0 Å². The van der Waals surface area contributed by atoms with Crippen molar-refractivity contribution in [3.05, 3.63) is 21.4 Å². The highest BCUT2D eigenvalue weighted by atomic mass is 32.1. The van der Waals surface area contributed by atoms with Gasteiger partial charge < -0.3 is 10.6 Å². The van der Waals surface area contributed by atoms with Gasteiger partial charge in [-0.15, -0.1) is 11.3 Å². The van der Waals surface area contributed by atoms with Crippen molar-refractivity contribution in [1.82, 2.24) is 4.90 Å². The Morgan fingerprint density at radius 1 is 1.44 bits per heavy atom. The molecule has 0 saturated heterocycles. The van der Waals surface area contributed by atoms with Gasteiger partial charge in [0.15, 0.2) is 0 Å². The highest BCUT2D eigenvalue weighted by Crippen LogP contribution is 2.29. The minimum Gasteiger partial charge on any atom is -0.337 e. The molecule has 0 spiro atoms. The van der Waals surface area contributed by atoms with E-state index in [2.05, 4.69) is 6.07 Å². The van der Waals surface area contributed by atoms with Crippen LogP contribution in [0.4, 0.5) is 0 Å². The first-order valence-corrected chi connectivity index (χ1v) is 7.54. The molecule has 2 N–H and O–H groups in total. The lowest BCUT2D eigenvalue weighted by atomic mass is 10.1. The topological polar surface area (TPSA) is 46.3 Å². The zero-order valence-electron chi connectivity index (χ0n) is 11.2. The van der Waals surface area contributed by atoms with Crippen LogP contribution in [-0.4, -0.2) is 30.4 Å². The minimum atomic E-state index is 0.0967. The normalized spacial score (nSPS) is 16.8. The molecule has 0 bridgehead atoms. The van der Waals surface area contributed by atoms with Gasteiger partial charge >= 0.3 is 0 Å². The number of hydrogen-bond acceptors (Lipinski definition) is 3. The van der Waals surface area contributed by atoms with Crippen LogP contribution in [-0.2, 0) is 12.8 Å². The van der Waals surface area contributed by atoms with E-state index in [1.807, 2.05) is 14.0 Å². The van der Waals surface area contributed by atoms with E-state index in [0.29, 0.717) is 6.54 Å². The van der Waals surface area contributed by atoms with Gasteiger partial charge in [0, 0.05) is 24.5 Å². The number of nitrogens with two attached hydrogens (primary N) is 1. The van der Waals surface area contributed by atoms with Crippen LogP contribution in [0, 0.1) is 0 Å². The molecule has 1 aliphatic rings. The average Bonchev–Trinajstić information content (AvgIpc) is 2.67. The first-order valence-electron chi connectivity index (χ1n) is 6.72. The smallest absolute Gasteiger partial charge is 0.263 e. The SMILES string of the molecule is CC(CN)N(C)C(=O)c1cc2c(s1)CCCCC2. The molecule has 100 valence electrons. The van der Waals surface area contributed by atoms with Crippen molar-refractivity contribution in [2.75, 3.05) is 13.6 Å². The van der Waals surface area contributed by atoms with Crippen molar-refractivity contribution in [2.45, 2.75) is 45.1 Å². The summed E-state index contributed by atoms with van der Waals surface area (Å²) in [5.41, 5.74) is 7.01. The van der Waals surface area contributed by atoms with Gasteiger partial charge in [-0.25, -0.2) is 0 Å². The van der Waals surface area contributed by atoms with E-state index >= 15 is 0 Å². The Hall–Kier alpha value is -0.870. The summed E-state index contributed by atoms with van der Waals surface area (Å²) < 4.78 is 0. The van der Waals surface area contributed by atoms with Gasteiger partial charge in [-0.3, -0.25) is 4.79 Å². The Labute approximate surface area is 113 Å². The fourth-order valence-corrected chi connectivity index (χ4v) is 3.54. The predicted molar refractivity (Wildman–Crippen MR) is 76.2 cm³/mol. The molecule has 1 amide bonds. The summed E-state index contributed by atoms with van der Waals surface area (Å²) >= 11 is 1.68. The second kappa shape index (κ2) is 5.85. The summed E-state index contributed by atoms with van der Waals surface area (Å²) in [6.07, 6.45) is 6.11. The molecule has 0 saturated carbocycles.